The third kappa shape index (κ3) is 4.81. The molecule has 0 saturated heterocycles. The fourth-order valence-corrected chi connectivity index (χ4v) is 2.53. The number of thiocarbonyl (C=S) groups is 1. The Bertz CT molecular complexity index is 911. The van der Waals surface area contributed by atoms with E-state index in [-0.39, 0.29) is 11.0 Å². The van der Waals surface area contributed by atoms with Gasteiger partial charge in [0.1, 0.15) is 0 Å². The molecule has 0 bridgehead atoms. The molecule has 0 fully saturated rings. The van der Waals surface area contributed by atoms with Crippen molar-refractivity contribution in [1.29, 1.82) is 0 Å². The van der Waals surface area contributed by atoms with Crippen LogP contribution < -0.4 is 21.7 Å². The predicted molar refractivity (Wildman–Crippen MR) is 111 cm³/mol. The van der Waals surface area contributed by atoms with Gasteiger partial charge in [-0.25, -0.2) is 0 Å². The highest BCUT2D eigenvalue weighted by molar-refractivity contribution is 7.80. The van der Waals surface area contributed by atoms with Gasteiger partial charge in [-0.2, -0.15) is 0 Å². The van der Waals surface area contributed by atoms with Crippen molar-refractivity contribution < 1.29 is 4.79 Å². The summed E-state index contributed by atoms with van der Waals surface area (Å²) in [5.74, 6) is -0.208. The maximum absolute atomic E-state index is 12.4. The Labute approximate surface area is 157 Å². The molecule has 3 aromatic rings. The summed E-state index contributed by atoms with van der Waals surface area (Å²) in [6, 6.07) is 24.4. The molecule has 3 aromatic carbocycles. The monoisotopic (exact) mass is 362 g/mol. The molecule has 0 aliphatic heterocycles. The molecule has 1 amide bonds. The Hall–Kier alpha value is -3.38. The Morgan fingerprint density at radius 1 is 0.731 bits per heavy atom. The number of amides is 1. The normalized spacial score (nSPS) is 10.0. The number of carbonyl (C=O) groups is 1. The fraction of sp³-hybridized carbons (Fsp3) is 0. The van der Waals surface area contributed by atoms with Crippen LogP contribution in [0.15, 0.2) is 78.9 Å². The molecule has 130 valence electrons. The van der Waals surface area contributed by atoms with Crippen LogP contribution in [0, 0.1) is 0 Å². The highest BCUT2D eigenvalue weighted by atomic mass is 32.1. The summed E-state index contributed by atoms with van der Waals surface area (Å²) in [5, 5.41) is 9.14. The number of hydrogen-bond donors (Lipinski definition) is 4. The molecule has 0 atom stereocenters. The van der Waals surface area contributed by atoms with Crippen LogP contribution in [0.3, 0.4) is 0 Å². The summed E-state index contributed by atoms with van der Waals surface area (Å²) >= 11 is 4.81. The van der Waals surface area contributed by atoms with Crippen molar-refractivity contribution in [1.82, 2.24) is 0 Å². The average Bonchev–Trinajstić information content (AvgIpc) is 2.64. The van der Waals surface area contributed by atoms with Crippen molar-refractivity contribution in [3.63, 3.8) is 0 Å². The van der Waals surface area contributed by atoms with Crippen molar-refractivity contribution in [3.8, 4) is 0 Å². The SMILES string of the molecule is NC(=S)Nc1cccc(C(=O)Nc2ccc(Nc3ccccc3)cc2)c1. The van der Waals surface area contributed by atoms with Crippen LogP contribution in [0.2, 0.25) is 0 Å². The maximum atomic E-state index is 12.4. The number of hydrogen-bond acceptors (Lipinski definition) is 3. The molecule has 0 unspecified atom stereocenters. The topological polar surface area (TPSA) is 79.2 Å². The van der Waals surface area contributed by atoms with Crippen molar-refractivity contribution >= 4 is 46.0 Å². The van der Waals surface area contributed by atoms with Crippen molar-refractivity contribution in [3.05, 3.63) is 84.4 Å². The molecule has 3 rings (SSSR count). The van der Waals surface area contributed by atoms with Crippen LogP contribution >= 0.6 is 12.2 Å². The van der Waals surface area contributed by atoms with Crippen LogP contribution in [-0.2, 0) is 0 Å². The summed E-state index contributed by atoms with van der Waals surface area (Å²) in [6.07, 6.45) is 0. The molecule has 6 heteroatoms. The van der Waals surface area contributed by atoms with E-state index in [1.165, 1.54) is 0 Å². The van der Waals surface area contributed by atoms with E-state index < -0.39 is 0 Å². The largest absolute Gasteiger partial charge is 0.376 e. The van der Waals surface area contributed by atoms with Gasteiger partial charge < -0.3 is 21.7 Å². The molecule has 5 nitrogen and oxygen atoms in total. The van der Waals surface area contributed by atoms with E-state index in [9.17, 15) is 4.79 Å². The molecule has 0 saturated carbocycles. The number of carbonyl (C=O) groups excluding carboxylic acids is 1. The molecular weight excluding hydrogens is 344 g/mol. The number of anilines is 4. The average molecular weight is 362 g/mol. The highest BCUT2D eigenvalue weighted by Gasteiger charge is 2.07. The molecular formula is C20H18N4OS. The minimum absolute atomic E-state index is 0.157. The summed E-state index contributed by atoms with van der Waals surface area (Å²) in [5.41, 5.74) is 9.30. The molecule has 0 radical (unpaired) electrons. The Morgan fingerprint density at radius 3 is 2.04 bits per heavy atom. The fourth-order valence-electron chi connectivity index (χ4n) is 2.41. The number of nitrogens with two attached hydrogens (primary N) is 1. The summed E-state index contributed by atoms with van der Waals surface area (Å²) in [6.45, 7) is 0. The van der Waals surface area contributed by atoms with E-state index in [0.29, 0.717) is 16.9 Å². The first-order valence-corrected chi connectivity index (χ1v) is 8.41. The summed E-state index contributed by atoms with van der Waals surface area (Å²) in [7, 11) is 0. The maximum Gasteiger partial charge on any atom is 0.255 e. The van der Waals surface area contributed by atoms with Gasteiger partial charge in [-0.3, -0.25) is 4.79 Å². The van der Waals surface area contributed by atoms with Crippen LogP contribution in [0.4, 0.5) is 22.7 Å². The van der Waals surface area contributed by atoms with E-state index in [0.717, 1.165) is 11.4 Å². The molecule has 0 aliphatic carbocycles. The first-order valence-electron chi connectivity index (χ1n) is 8.00. The first kappa shape index (κ1) is 17.4. The van der Waals surface area contributed by atoms with Crippen molar-refractivity contribution in [2.45, 2.75) is 0 Å². The van der Waals surface area contributed by atoms with Gasteiger partial charge in [0.05, 0.1) is 0 Å². The van der Waals surface area contributed by atoms with Crippen LogP contribution in [0.5, 0.6) is 0 Å². The number of nitrogens with one attached hydrogen (secondary N) is 3. The lowest BCUT2D eigenvalue weighted by Gasteiger charge is -2.10. The van der Waals surface area contributed by atoms with E-state index >= 15 is 0 Å². The Balaban J connectivity index is 1.65. The lowest BCUT2D eigenvalue weighted by atomic mass is 10.2. The van der Waals surface area contributed by atoms with E-state index in [1.807, 2.05) is 54.6 Å². The van der Waals surface area contributed by atoms with Gasteiger partial charge in [-0.1, -0.05) is 24.3 Å². The molecule has 0 aromatic heterocycles. The standard InChI is InChI=1S/C20H18N4OS/c21-20(26)24-18-8-4-5-14(13-18)19(25)23-17-11-9-16(10-12-17)22-15-6-2-1-3-7-15/h1-13,22H,(H,23,25)(H3,21,24,26). The zero-order valence-electron chi connectivity index (χ0n) is 13.9. The van der Waals surface area contributed by atoms with Gasteiger partial charge in [-0.15, -0.1) is 0 Å². The third-order valence-electron chi connectivity index (χ3n) is 3.60. The zero-order valence-corrected chi connectivity index (χ0v) is 14.7. The lowest BCUT2D eigenvalue weighted by molar-refractivity contribution is 0.102. The Morgan fingerprint density at radius 2 is 1.35 bits per heavy atom. The molecule has 0 aliphatic rings. The molecule has 5 N–H and O–H groups in total. The first-order chi connectivity index (χ1) is 12.6. The number of rotatable bonds is 5. The quantitative estimate of drug-likeness (QED) is 0.508. The predicted octanol–water partition coefficient (Wildman–Crippen LogP) is 4.34. The number of benzene rings is 3. The van der Waals surface area contributed by atoms with Gasteiger partial charge in [0, 0.05) is 28.3 Å². The van der Waals surface area contributed by atoms with Gasteiger partial charge in [0.25, 0.3) is 5.91 Å². The minimum atomic E-state index is -0.208. The second-order valence-corrected chi connectivity index (χ2v) is 6.03. The van der Waals surface area contributed by atoms with Gasteiger partial charge in [0.2, 0.25) is 0 Å². The van der Waals surface area contributed by atoms with Gasteiger partial charge in [-0.05, 0) is 66.8 Å². The second-order valence-electron chi connectivity index (χ2n) is 5.59. The number of para-hydroxylation sites is 1. The minimum Gasteiger partial charge on any atom is -0.376 e. The van der Waals surface area contributed by atoms with E-state index in [1.54, 1.807) is 24.3 Å². The summed E-state index contributed by atoms with van der Waals surface area (Å²) < 4.78 is 0. The van der Waals surface area contributed by atoms with Crippen LogP contribution in [0.25, 0.3) is 0 Å². The second kappa shape index (κ2) is 8.13. The smallest absolute Gasteiger partial charge is 0.255 e. The molecule has 0 spiro atoms. The third-order valence-corrected chi connectivity index (χ3v) is 3.70. The van der Waals surface area contributed by atoms with Gasteiger partial charge >= 0.3 is 0 Å². The molecule has 26 heavy (non-hydrogen) atoms. The van der Waals surface area contributed by atoms with Crippen LogP contribution in [-0.4, -0.2) is 11.0 Å². The Kier molecular flexibility index (Phi) is 5.46. The summed E-state index contributed by atoms with van der Waals surface area (Å²) in [4.78, 5) is 12.4. The van der Waals surface area contributed by atoms with Crippen molar-refractivity contribution in [2.24, 2.45) is 5.73 Å². The van der Waals surface area contributed by atoms with E-state index in [2.05, 4.69) is 16.0 Å². The zero-order chi connectivity index (χ0) is 18.4. The van der Waals surface area contributed by atoms with E-state index in [4.69, 9.17) is 18.0 Å². The van der Waals surface area contributed by atoms with Gasteiger partial charge in [0.15, 0.2) is 5.11 Å². The lowest BCUT2D eigenvalue weighted by Crippen LogP contribution is -2.19. The van der Waals surface area contributed by atoms with Crippen LogP contribution in [0.1, 0.15) is 10.4 Å². The highest BCUT2D eigenvalue weighted by Crippen LogP contribution is 2.19. The van der Waals surface area contributed by atoms with Crippen molar-refractivity contribution in [2.75, 3.05) is 16.0 Å². The molecule has 0 heterocycles.